The van der Waals surface area contributed by atoms with E-state index in [1.807, 2.05) is 13.0 Å². The van der Waals surface area contributed by atoms with Gasteiger partial charge in [-0.3, -0.25) is 0 Å². The fraction of sp³-hybridized carbons (Fsp3) is 0.600. The molecule has 0 spiro atoms. The van der Waals surface area contributed by atoms with Crippen molar-refractivity contribution in [2.75, 3.05) is 18.5 Å². The van der Waals surface area contributed by atoms with Gasteiger partial charge in [-0.15, -0.1) is 0 Å². The summed E-state index contributed by atoms with van der Waals surface area (Å²) in [4.78, 5) is 2.28. The van der Waals surface area contributed by atoms with Crippen LogP contribution in [0.3, 0.4) is 0 Å². The summed E-state index contributed by atoms with van der Waals surface area (Å²) in [6.45, 7) is 3.09. The average Bonchev–Trinajstić information content (AvgIpc) is 2.81. The van der Waals surface area contributed by atoms with Gasteiger partial charge in [-0.2, -0.15) is 0 Å². The van der Waals surface area contributed by atoms with E-state index < -0.39 is 0 Å². The largest absolute Gasteiger partial charge is 0.373 e. The van der Waals surface area contributed by atoms with E-state index in [0.29, 0.717) is 0 Å². The molecule has 1 aliphatic rings. The maximum Gasteiger partial charge on any atom is 0.0642 e. The van der Waals surface area contributed by atoms with Crippen LogP contribution < -0.4 is 10.6 Å². The molecule has 0 amide bonds. The molecule has 1 fully saturated rings. The third-order valence-corrected chi connectivity index (χ3v) is 4.22. The van der Waals surface area contributed by atoms with Crippen molar-refractivity contribution in [1.29, 1.82) is 0 Å². The number of nitrogens with zero attached hydrogens (tertiary/aromatic N) is 1. The predicted octanol–water partition coefficient (Wildman–Crippen LogP) is 3.99. The minimum Gasteiger partial charge on any atom is -0.373 e. The number of anilines is 1. The Hall–Kier alpha value is -0.730. The standard InChI is InChI=1S/C15H23ClN2/c1-11(17)13-7-8-15(14(16)9-13)18(2)10-12-5-3-4-6-12/h7-9,11-12H,3-6,10,17H2,1-2H3/t11-/m1/s1. The molecule has 0 bridgehead atoms. The summed E-state index contributed by atoms with van der Waals surface area (Å²) >= 11 is 6.36. The fourth-order valence-electron chi connectivity index (χ4n) is 2.79. The van der Waals surface area contributed by atoms with Gasteiger partial charge in [-0.1, -0.05) is 30.5 Å². The lowest BCUT2D eigenvalue weighted by molar-refractivity contribution is 0.547. The Morgan fingerprint density at radius 1 is 1.39 bits per heavy atom. The lowest BCUT2D eigenvalue weighted by Crippen LogP contribution is -2.24. The summed E-state index contributed by atoms with van der Waals surface area (Å²) < 4.78 is 0. The van der Waals surface area contributed by atoms with E-state index in [1.165, 1.54) is 25.7 Å². The molecule has 0 aromatic heterocycles. The minimum atomic E-state index is 0.0386. The van der Waals surface area contributed by atoms with E-state index in [9.17, 15) is 0 Å². The second-order valence-electron chi connectivity index (χ2n) is 5.53. The van der Waals surface area contributed by atoms with Crippen LogP contribution in [-0.2, 0) is 0 Å². The number of hydrogen-bond donors (Lipinski definition) is 1. The lowest BCUT2D eigenvalue weighted by atomic mass is 10.1. The molecule has 0 heterocycles. The van der Waals surface area contributed by atoms with Crippen LogP contribution in [0, 0.1) is 5.92 Å². The first-order valence-corrected chi connectivity index (χ1v) is 7.22. The van der Waals surface area contributed by atoms with E-state index in [-0.39, 0.29) is 6.04 Å². The first-order chi connectivity index (χ1) is 8.58. The van der Waals surface area contributed by atoms with Gasteiger partial charge in [0.05, 0.1) is 10.7 Å². The zero-order valence-corrected chi connectivity index (χ0v) is 12.1. The highest BCUT2D eigenvalue weighted by atomic mass is 35.5. The van der Waals surface area contributed by atoms with Crippen LogP contribution in [0.25, 0.3) is 0 Å². The van der Waals surface area contributed by atoms with E-state index in [1.54, 1.807) is 0 Å². The zero-order chi connectivity index (χ0) is 13.1. The van der Waals surface area contributed by atoms with Crippen molar-refractivity contribution >= 4 is 17.3 Å². The monoisotopic (exact) mass is 266 g/mol. The van der Waals surface area contributed by atoms with E-state index in [2.05, 4.69) is 24.1 Å². The Bertz CT molecular complexity index is 397. The molecule has 1 saturated carbocycles. The highest BCUT2D eigenvalue weighted by molar-refractivity contribution is 6.33. The fourth-order valence-corrected chi connectivity index (χ4v) is 3.13. The van der Waals surface area contributed by atoms with Gasteiger partial charge in [-0.05, 0) is 43.4 Å². The van der Waals surface area contributed by atoms with Crippen LogP contribution in [0.1, 0.15) is 44.2 Å². The minimum absolute atomic E-state index is 0.0386. The van der Waals surface area contributed by atoms with E-state index in [0.717, 1.165) is 28.7 Å². The van der Waals surface area contributed by atoms with Crippen LogP contribution in [0.4, 0.5) is 5.69 Å². The number of halogens is 1. The van der Waals surface area contributed by atoms with Gasteiger partial charge < -0.3 is 10.6 Å². The molecule has 0 unspecified atom stereocenters. The first kappa shape index (κ1) is 13.7. The normalized spacial score (nSPS) is 18.0. The first-order valence-electron chi connectivity index (χ1n) is 6.84. The Morgan fingerprint density at radius 2 is 2.06 bits per heavy atom. The number of benzene rings is 1. The van der Waals surface area contributed by atoms with Crippen molar-refractivity contribution in [1.82, 2.24) is 0 Å². The summed E-state index contributed by atoms with van der Waals surface area (Å²) in [5.74, 6) is 0.833. The maximum absolute atomic E-state index is 6.36. The van der Waals surface area contributed by atoms with Gasteiger partial charge in [0.15, 0.2) is 0 Å². The van der Waals surface area contributed by atoms with Crippen LogP contribution in [0.2, 0.25) is 5.02 Å². The molecule has 3 heteroatoms. The summed E-state index contributed by atoms with van der Waals surface area (Å²) in [5.41, 5.74) is 8.08. The third kappa shape index (κ3) is 3.18. The summed E-state index contributed by atoms with van der Waals surface area (Å²) in [5, 5.41) is 0.810. The molecule has 0 aliphatic heterocycles. The summed E-state index contributed by atoms with van der Waals surface area (Å²) in [6, 6.07) is 6.20. The molecule has 2 nitrogen and oxygen atoms in total. The second-order valence-corrected chi connectivity index (χ2v) is 5.94. The molecule has 1 aromatic rings. The van der Waals surface area contributed by atoms with Gasteiger partial charge in [-0.25, -0.2) is 0 Å². The number of rotatable bonds is 4. The average molecular weight is 267 g/mol. The van der Waals surface area contributed by atoms with Crippen LogP contribution >= 0.6 is 11.6 Å². The van der Waals surface area contributed by atoms with Crippen molar-refractivity contribution in [3.63, 3.8) is 0 Å². The number of hydrogen-bond acceptors (Lipinski definition) is 2. The molecule has 2 rings (SSSR count). The molecule has 1 aromatic carbocycles. The highest BCUT2D eigenvalue weighted by Crippen LogP contribution is 2.31. The molecule has 100 valence electrons. The quantitative estimate of drug-likeness (QED) is 0.893. The summed E-state index contributed by atoms with van der Waals surface area (Å²) in [6.07, 6.45) is 5.49. The lowest BCUT2D eigenvalue weighted by Gasteiger charge is -2.24. The maximum atomic E-state index is 6.36. The van der Waals surface area contributed by atoms with Crippen LogP contribution in [0.5, 0.6) is 0 Å². The smallest absolute Gasteiger partial charge is 0.0642 e. The molecule has 0 radical (unpaired) electrons. The molecule has 1 atom stereocenters. The van der Waals surface area contributed by atoms with Crippen molar-refractivity contribution in [3.8, 4) is 0 Å². The molecule has 18 heavy (non-hydrogen) atoms. The third-order valence-electron chi connectivity index (χ3n) is 3.92. The molecular weight excluding hydrogens is 244 g/mol. The molecular formula is C15H23ClN2. The van der Waals surface area contributed by atoms with Crippen molar-refractivity contribution in [2.24, 2.45) is 11.7 Å². The molecule has 0 saturated heterocycles. The Balaban J connectivity index is 2.07. The van der Waals surface area contributed by atoms with Gasteiger partial charge in [0, 0.05) is 19.6 Å². The van der Waals surface area contributed by atoms with Crippen molar-refractivity contribution in [2.45, 2.75) is 38.6 Å². The van der Waals surface area contributed by atoms with E-state index in [4.69, 9.17) is 17.3 Å². The van der Waals surface area contributed by atoms with Crippen LogP contribution in [-0.4, -0.2) is 13.6 Å². The highest BCUT2D eigenvalue weighted by Gasteiger charge is 2.18. The Morgan fingerprint density at radius 3 is 2.61 bits per heavy atom. The molecule has 2 N–H and O–H groups in total. The Labute approximate surface area is 115 Å². The van der Waals surface area contributed by atoms with Crippen molar-refractivity contribution < 1.29 is 0 Å². The predicted molar refractivity (Wildman–Crippen MR) is 79.3 cm³/mol. The van der Waals surface area contributed by atoms with Gasteiger partial charge in [0.2, 0.25) is 0 Å². The second kappa shape index (κ2) is 5.94. The van der Waals surface area contributed by atoms with Gasteiger partial charge in [0.25, 0.3) is 0 Å². The summed E-state index contributed by atoms with van der Waals surface area (Å²) in [7, 11) is 2.13. The van der Waals surface area contributed by atoms with Gasteiger partial charge in [0.1, 0.15) is 0 Å². The SMILES string of the molecule is C[C@@H](N)c1ccc(N(C)CC2CCCC2)c(Cl)c1. The van der Waals surface area contributed by atoms with Gasteiger partial charge >= 0.3 is 0 Å². The zero-order valence-electron chi connectivity index (χ0n) is 11.3. The van der Waals surface area contributed by atoms with Crippen molar-refractivity contribution in [3.05, 3.63) is 28.8 Å². The van der Waals surface area contributed by atoms with Crippen LogP contribution in [0.15, 0.2) is 18.2 Å². The number of nitrogens with two attached hydrogens (primary N) is 1. The van der Waals surface area contributed by atoms with E-state index >= 15 is 0 Å². The topological polar surface area (TPSA) is 29.3 Å². The Kier molecular flexibility index (Phi) is 4.52. The molecule has 1 aliphatic carbocycles.